The number of guanidine groups is 1. The van der Waals surface area contributed by atoms with Crippen LogP contribution in [-0.2, 0) is 10.9 Å². The van der Waals surface area contributed by atoms with E-state index < -0.39 is 11.7 Å². The average Bonchev–Trinajstić information content (AvgIpc) is 3.11. The van der Waals surface area contributed by atoms with Gasteiger partial charge in [0.1, 0.15) is 5.82 Å². The molecular formula is C18H27ClF3N5O. The Hall–Kier alpha value is -1.74. The van der Waals surface area contributed by atoms with E-state index in [4.69, 9.17) is 16.3 Å². The summed E-state index contributed by atoms with van der Waals surface area (Å²) in [6.45, 7) is 2.83. The Bertz CT molecular complexity index is 657. The zero-order valence-electron chi connectivity index (χ0n) is 16.2. The van der Waals surface area contributed by atoms with Crippen molar-refractivity contribution in [2.75, 3.05) is 45.3 Å². The van der Waals surface area contributed by atoms with Crippen molar-refractivity contribution in [3.8, 4) is 0 Å². The maximum absolute atomic E-state index is 12.8. The van der Waals surface area contributed by atoms with Crippen LogP contribution in [0.5, 0.6) is 0 Å². The van der Waals surface area contributed by atoms with E-state index in [0.29, 0.717) is 24.9 Å². The first-order valence-corrected chi connectivity index (χ1v) is 9.66. The van der Waals surface area contributed by atoms with Gasteiger partial charge in [-0.2, -0.15) is 13.2 Å². The minimum absolute atomic E-state index is 0.00837. The van der Waals surface area contributed by atoms with Crippen molar-refractivity contribution in [3.05, 3.63) is 22.8 Å². The van der Waals surface area contributed by atoms with Gasteiger partial charge in [-0.3, -0.25) is 4.99 Å². The predicted molar refractivity (Wildman–Crippen MR) is 105 cm³/mol. The molecule has 10 heteroatoms. The fourth-order valence-corrected chi connectivity index (χ4v) is 3.32. The molecule has 0 amide bonds. The molecule has 1 fully saturated rings. The van der Waals surface area contributed by atoms with Crippen molar-refractivity contribution < 1.29 is 17.9 Å². The average molecular weight is 422 g/mol. The Morgan fingerprint density at radius 3 is 2.82 bits per heavy atom. The van der Waals surface area contributed by atoms with Crippen molar-refractivity contribution in [1.29, 1.82) is 0 Å². The third-order valence-corrected chi connectivity index (χ3v) is 4.80. The predicted octanol–water partition coefficient (Wildman–Crippen LogP) is 3.31. The number of hydrogen-bond acceptors (Lipinski definition) is 4. The summed E-state index contributed by atoms with van der Waals surface area (Å²) in [5.74, 6) is 1.09. The molecule has 0 radical (unpaired) electrons. The van der Waals surface area contributed by atoms with Crippen molar-refractivity contribution in [1.82, 2.24) is 15.6 Å². The Morgan fingerprint density at radius 2 is 2.18 bits per heavy atom. The number of nitrogens with one attached hydrogen (secondary N) is 2. The van der Waals surface area contributed by atoms with E-state index in [0.717, 1.165) is 51.1 Å². The highest BCUT2D eigenvalue weighted by Crippen LogP contribution is 2.34. The molecule has 1 saturated heterocycles. The number of hydrogen-bond donors (Lipinski definition) is 2. The number of methoxy groups -OCH3 is 1. The summed E-state index contributed by atoms with van der Waals surface area (Å²) in [6.07, 6.45) is 0.313. The molecule has 2 N–H and O–H groups in total. The summed E-state index contributed by atoms with van der Waals surface area (Å²) in [6, 6.07) is 1.04. The maximum atomic E-state index is 12.8. The molecule has 0 saturated carbocycles. The van der Waals surface area contributed by atoms with Crippen LogP contribution in [0, 0.1) is 0 Å². The van der Waals surface area contributed by atoms with Crippen LogP contribution in [0.1, 0.15) is 31.2 Å². The lowest BCUT2D eigenvalue weighted by Gasteiger charge is -2.21. The van der Waals surface area contributed by atoms with Crippen LogP contribution in [0.25, 0.3) is 0 Å². The number of rotatable bonds is 8. The van der Waals surface area contributed by atoms with Crippen LogP contribution in [-0.4, -0.2) is 57.4 Å². The van der Waals surface area contributed by atoms with Gasteiger partial charge < -0.3 is 20.3 Å². The number of alkyl halides is 3. The number of ether oxygens (including phenoxy) is 1. The molecule has 2 rings (SSSR count). The molecule has 6 nitrogen and oxygen atoms in total. The first-order chi connectivity index (χ1) is 13.3. The van der Waals surface area contributed by atoms with Crippen LogP contribution in [0.15, 0.2) is 17.3 Å². The van der Waals surface area contributed by atoms with E-state index in [1.165, 1.54) is 0 Å². The van der Waals surface area contributed by atoms with Crippen molar-refractivity contribution in [2.24, 2.45) is 4.99 Å². The number of unbranched alkanes of at least 4 members (excludes halogenated alkanes) is 2. The fourth-order valence-electron chi connectivity index (χ4n) is 3.03. The van der Waals surface area contributed by atoms with Gasteiger partial charge in [0.15, 0.2) is 5.96 Å². The van der Waals surface area contributed by atoms with Crippen LogP contribution in [0.3, 0.4) is 0 Å². The SMILES string of the molecule is CN=C(NCCCCCOC)NC1CCN(c2ncc(C(F)(F)F)cc2Cl)C1. The highest BCUT2D eigenvalue weighted by molar-refractivity contribution is 6.33. The van der Waals surface area contributed by atoms with Crippen molar-refractivity contribution in [2.45, 2.75) is 37.9 Å². The van der Waals surface area contributed by atoms with Crippen LogP contribution < -0.4 is 15.5 Å². The minimum Gasteiger partial charge on any atom is -0.385 e. The first-order valence-electron chi connectivity index (χ1n) is 9.29. The molecule has 1 aromatic rings. The Kier molecular flexibility index (Phi) is 8.62. The van der Waals surface area contributed by atoms with E-state index in [2.05, 4.69) is 20.6 Å². The van der Waals surface area contributed by atoms with E-state index in [-0.39, 0.29) is 11.1 Å². The Balaban J connectivity index is 1.83. The number of halogens is 4. The molecule has 28 heavy (non-hydrogen) atoms. The van der Waals surface area contributed by atoms with Gasteiger partial charge in [0.25, 0.3) is 0 Å². The molecule has 1 aliphatic heterocycles. The second-order valence-corrected chi connectivity index (χ2v) is 7.06. The molecule has 1 atom stereocenters. The summed E-state index contributed by atoms with van der Waals surface area (Å²) < 4.78 is 43.3. The summed E-state index contributed by atoms with van der Waals surface area (Å²) >= 11 is 6.05. The molecule has 0 aliphatic carbocycles. The normalized spacial score (nSPS) is 17.9. The molecule has 158 valence electrons. The molecule has 1 aromatic heterocycles. The zero-order valence-corrected chi connectivity index (χ0v) is 16.9. The number of pyridine rings is 1. The number of aliphatic imine (C=N–C) groups is 1. The lowest BCUT2D eigenvalue weighted by atomic mass is 10.2. The zero-order chi connectivity index (χ0) is 20.6. The third-order valence-electron chi connectivity index (χ3n) is 4.52. The molecular weight excluding hydrogens is 395 g/mol. The summed E-state index contributed by atoms with van der Waals surface area (Å²) in [5, 5.41) is 6.63. The van der Waals surface area contributed by atoms with Crippen LogP contribution >= 0.6 is 11.6 Å². The Labute approximate surface area is 168 Å². The summed E-state index contributed by atoms with van der Waals surface area (Å²) in [5.41, 5.74) is -0.842. The summed E-state index contributed by atoms with van der Waals surface area (Å²) in [7, 11) is 3.41. The number of nitrogens with zero attached hydrogens (tertiary/aromatic N) is 3. The number of anilines is 1. The molecule has 0 bridgehead atoms. The molecule has 0 spiro atoms. The third kappa shape index (κ3) is 6.70. The van der Waals surface area contributed by atoms with Gasteiger partial charge in [-0.15, -0.1) is 0 Å². The first kappa shape index (κ1) is 22.5. The lowest BCUT2D eigenvalue weighted by Crippen LogP contribution is -2.44. The van der Waals surface area contributed by atoms with Gasteiger partial charge in [-0.25, -0.2) is 4.98 Å². The lowest BCUT2D eigenvalue weighted by molar-refractivity contribution is -0.137. The standard InChI is InChI=1S/C18H27ClF3N5O/c1-23-17(24-7-4-3-5-9-28-2)26-14-6-8-27(12-14)16-15(19)10-13(11-25-16)18(20,21)22/h10-11,14H,3-9,12H2,1-2H3,(H2,23,24,26). The minimum atomic E-state index is -4.45. The van der Waals surface area contributed by atoms with Gasteiger partial charge in [0.2, 0.25) is 0 Å². The fraction of sp³-hybridized carbons (Fsp3) is 0.667. The second-order valence-electron chi connectivity index (χ2n) is 6.66. The van der Waals surface area contributed by atoms with Crippen LogP contribution in [0.4, 0.5) is 19.0 Å². The van der Waals surface area contributed by atoms with Crippen molar-refractivity contribution in [3.63, 3.8) is 0 Å². The molecule has 1 unspecified atom stereocenters. The maximum Gasteiger partial charge on any atom is 0.417 e. The molecule has 0 aromatic carbocycles. The van der Waals surface area contributed by atoms with E-state index in [1.807, 2.05) is 4.90 Å². The molecule has 2 heterocycles. The topological polar surface area (TPSA) is 61.8 Å². The highest BCUT2D eigenvalue weighted by Gasteiger charge is 2.33. The van der Waals surface area contributed by atoms with Crippen molar-refractivity contribution >= 4 is 23.4 Å². The van der Waals surface area contributed by atoms with Crippen LogP contribution in [0.2, 0.25) is 5.02 Å². The second kappa shape index (κ2) is 10.7. The van der Waals surface area contributed by atoms with Gasteiger partial charge in [0, 0.05) is 52.6 Å². The summed E-state index contributed by atoms with van der Waals surface area (Å²) in [4.78, 5) is 10.0. The smallest absolute Gasteiger partial charge is 0.385 e. The van der Waals surface area contributed by atoms with E-state index >= 15 is 0 Å². The van der Waals surface area contributed by atoms with Gasteiger partial charge in [0.05, 0.1) is 10.6 Å². The Morgan fingerprint density at radius 1 is 1.39 bits per heavy atom. The molecule has 1 aliphatic rings. The van der Waals surface area contributed by atoms with E-state index in [9.17, 15) is 13.2 Å². The number of aromatic nitrogens is 1. The quantitative estimate of drug-likeness (QED) is 0.383. The monoisotopic (exact) mass is 421 g/mol. The highest BCUT2D eigenvalue weighted by atomic mass is 35.5. The largest absolute Gasteiger partial charge is 0.417 e. The van der Waals surface area contributed by atoms with E-state index in [1.54, 1.807) is 14.2 Å². The van der Waals surface area contributed by atoms with Gasteiger partial charge in [-0.1, -0.05) is 11.6 Å². The van der Waals surface area contributed by atoms with Gasteiger partial charge in [-0.05, 0) is 31.7 Å². The van der Waals surface area contributed by atoms with Gasteiger partial charge >= 0.3 is 6.18 Å².